The number of H-pyrrole nitrogens is 1. The smallest absolute Gasteiger partial charge is 0.268 e. The lowest BCUT2D eigenvalue weighted by atomic mass is 9.72. The number of benzene rings is 4. The van der Waals surface area contributed by atoms with Crippen LogP contribution >= 0.6 is 11.6 Å². The predicted octanol–water partition coefficient (Wildman–Crippen LogP) is 11.3. The molecule has 19 nitrogen and oxygen atoms in total. The standard InChI is InChI=1S/C71H86ClN11O8S/c1-71(2)30-26-53(60(44-71)51-16-18-54(72)19-17-51)47-81-37-39-82(40-38-81)55-20-22-59(65(42-55)91-56-41-52-27-31-73-67(52)75-46-56)68(85)78-92(89,90)57-21-23-62(63(43-57)77-88)74-45-49-28-35-80(36-29-49)34-12-33-79(3)32-10-8-6-4-5-7-9-13-50-14-11-15-58-61(50)48-83(70(58)87)64-24-25-66(84)76-69(64)86/h11,14-23,27,31,41-43,46,49,64,74,77,88H,4-8,10,12,24-26,28-30,32-40,44-45,47-48H2,1-3H3,(H,73,75)(H,78,85)(H,76,84,86). The number of nitrogens with one attached hydrogen (secondary N) is 5. The molecule has 3 fully saturated rings. The summed E-state index contributed by atoms with van der Waals surface area (Å²) in [4.78, 5) is 70.1. The van der Waals surface area contributed by atoms with Crippen molar-refractivity contribution in [2.75, 3.05) is 94.7 Å². The fraction of sp³-hybridized carbons (Fsp3) is 0.451. The third-order valence-electron chi connectivity index (χ3n) is 18.9. The second-order valence-electron chi connectivity index (χ2n) is 26.2. The van der Waals surface area contributed by atoms with Gasteiger partial charge in [-0.25, -0.2) is 18.1 Å². The highest BCUT2D eigenvalue weighted by Crippen LogP contribution is 2.44. The van der Waals surface area contributed by atoms with E-state index in [1.165, 1.54) is 35.3 Å². The summed E-state index contributed by atoms with van der Waals surface area (Å²) >= 11 is 6.29. The second-order valence-corrected chi connectivity index (χ2v) is 28.3. The molecule has 11 rings (SSSR count). The summed E-state index contributed by atoms with van der Waals surface area (Å²) in [7, 11) is -2.23. The molecule has 5 aliphatic rings. The number of sulfonamides is 1. The number of likely N-dealkylation sites (tertiary alicyclic amines) is 1. The molecule has 0 saturated carbocycles. The SMILES string of the molecule is CN(CCCCCCCC#Cc1cccc2c1CN(C1CCC(=O)NC1=O)C2=O)CCCN1CCC(CNc2ccc(S(=O)(=O)NC(=O)c3ccc(N4CCN(CC5=C(c6ccc(Cl)cc6)CC(C)(C)CC5)CC4)cc3Oc3cnc4[nH]ccc4c3)cc2NO)CC1. The van der Waals surface area contributed by atoms with Crippen LogP contribution in [0, 0.1) is 23.2 Å². The van der Waals surface area contributed by atoms with Gasteiger partial charge in [0, 0.05) is 98.1 Å². The van der Waals surface area contributed by atoms with Gasteiger partial charge < -0.3 is 34.6 Å². The maximum Gasteiger partial charge on any atom is 0.268 e. The van der Waals surface area contributed by atoms with E-state index in [-0.39, 0.29) is 45.5 Å². The van der Waals surface area contributed by atoms with Gasteiger partial charge in [-0.05, 0) is 192 Å². The fourth-order valence-electron chi connectivity index (χ4n) is 13.5. The first-order valence-corrected chi connectivity index (χ1v) is 34.5. The molecule has 4 amide bonds. The van der Waals surface area contributed by atoms with Crippen LogP contribution in [0.25, 0.3) is 16.6 Å². The molecule has 3 saturated heterocycles. The summed E-state index contributed by atoms with van der Waals surface area (Å²) in [6, 6.07) is 26.4. The summed E-state index contributed by atoms with van der Waals surface area (Å²) in [6.07, 6.45) is 16.7. The number of hydrogen-bond acceptors (Lipinski definition) is 15. The van der Waals surface area contributed by atoms with Gasteiger partial charge in [-0.2, -0.15) is 0 Å². The maximum absolute atomic E-state index is 14.2. The first kappa shape index (κ1) is 65.7. The summed E-state index contributed by atoms with van der Waals surface area (Å²) in [5.74, 6) is 5.79. The average molecular weight is 1290 g/mol. The van der Waals surface area contributed by atoms with Crippen LogP contribution in [0.1, 0.15) is 141 Å². The number of imide groups is 1. The zero-order valence-electron chi connectivity index (χ0n) is 53.1. The molecule has 1 unspecified atom stereocenters. The summed E-state index contributed by atoms with van der Waals surface area (Å²) in [5.41, 5.74) is 11.1. The number of carbonyl (C=O) groups excluding carboxylic acids is 4. The number of rotatable bonds is 25. The largest absolute Gasteiger partial charge is 0.455 e. The number of anilines is 3. The number of unbranched alkanes of at least 4 members (excludes halogenated alkanes) is 5. The molecular formula is C71H86ClN11O8S. The zero-order valence-corrected chi connectivity index (χ0v) is 54.7. The highest BCUT2D eigenvalue weighted by atomic mass is 35.5. The Morgan fingerprint density at radius 1 is 0.859 bits per heavy atom. The molecule has 6 N–H and O–H groups in total. The minimum absolute atomic E-state index is 0.0270. The molecule has 92 heavy (non-hydrogen) atoms. The Hall–Kier alpha value is -7.77. The number of aromatic nitrogens is 2. The lowest BCUT2D eigenvalue weighted by Crippen LogP contribution is -2.52. The van der Waals surface area contributed by atoms with Crippen molar-refractivity contribution in [3.8, 4) is 23.3 Å². The van der Waals surface area contributed by atoms with Gasteiger partial charge in [-0.15, -0.1) is 0 Å². The van der Waals surface area contributed by atoms with E-state index in [2.05, 4.69) is 95.3 Å². The first-order valence-electron chi connectivity index (χ1n) is 32.7. The number of piperazine rings is 1. The Kier molecular flexibility index (Phi) is 21.3. The Morgan fingerprint density at radius 3 is 2.43 bits per heavy atom. The number of piperidine rings is 2. The van der Waals surface area contributed by atoms with Crippen molar-refractivity contribution in [3.05, 3.63) is 142 Å². The molecule has 1 aliphatic carbocycles. The maximum atomic E-state index is 14.2. The van der Waals surface area contributed by atoms with E-state index in [4.69, 9.17) is 16.3 Å². The molecule has 6 aromatic rings. The number of hydrogen-bond donors (Lipinski definition) is 6. The predicted molar refractivity (Wildman–Crippen MR) is 361 cm³/mol. The fourth-order valence-corrected chi connectivity index (χ4v) is 14.6. The van der Waals surface area contributed by atoms with Crippen LogP contribution in [0.5, 0.6) is 11.5 Å². The summed E-state index contributed by atoms with van der Waals surface area (Å²) < 4.78 is 36.7. The van der Waals surface area contributed by atoms with E-state index >= 15 is 0 Å². The molecule has 0 bridgehead atoms. The van der Waals surface area contributed by atoms with Gasteiger partial charge in [0.15, 0.2) is 0 Å². The van der Waals surface area contributed by atoms with Gasteiger partial charge in [0.2, 0.25) is 11.8 Å². The number of allylic oxidation sites excluding steroid dienone is 1. The molecule has 4 aliphatic heterocycles. The minimum atomic E-state index is -4.43. The number of pyridine rings is 1. The van der Waals surface area contributed by atoms with Crippen LogP contribution in [0.15, 0.2) is 114 Å². The van der Waals surface area contributed by atoms with Crippen LogP contribution in [0.4, 0.5) is 17.1 Å². The van der Waals surface area contributed by atoms with Crippen LogP contribution in [0.3, 0.4) is 0 Å². The van der Waals surface area contributed by atoms with Crippen LogP contribution in [-0.2, 0) is 26.2 Å². The number of fused-ring (bicyclic) bond motifs is 2. The van der Waals surface area contributed by atoms with Crippen molar-refractivity contribution in [3.63, 3.8) is 0 Å². The molecule has 0 radical (unpaired) electrons. The quantitative estimate of drug-likeness (QED) is 0.0136. The van der Waals surface area contributed by atoms with E-state index in [0.29, 0.717) is 48.1 Å². The number of carbonyl (C=O) groups is 4. The van der Waals surface area contributed by atoms with Crippen molar-refractivity contribution >= 4 is 78.9 Å². The van der Waals surface area contributed by atoms with Crippen LogP contribution in [0.2, 0.25) is 5.02 Å². The third-order valence-corrected chi connectivity index (χ3v) is 20.5. The molecule has 1 atom stereocenters. The van der Waals surface area contributed by atoms with Gasteiger partial charge in [0.05, 0.1) is 28.0 Å². The number of halogens is 1. The second kappa shape index (κ2) is 29.9. The highest BCUT2D eigenvalue weighted by molar-refractivity contribution is 7.90. The monoisotopic (exact) mass is 1290 g/mol. The molecule has 2 aromatic heterocycles. The van der Waals surface area contributed by atoms with Crippen molar-refractivity contribution in [1.82, 2.24) is 39.6 Å². The Labute approximate surface area is 545 Å². The minimum Gasteiger partial charge on any atom is -0.455 e. The average Bonchev–Trinajstić information content (AvgIpc) is 1.59. The lowest BCUT2D eigenvalue weighted by Gasteiger charge is -2.39. The molecule has 0 spiro atoms. The van der Waals surface area contributed by atoms with E-state index in [9.17, 15) is 32.8 Å². The summed E-state index contributed by atoms with van der Waals surface area (Å²) in [5, 5.41) is 17.6. The Bertz CT molecular complexity index is 3860. The van der Waals surface area contributed by atoms with Crippen molar-refractivity contribution in [2.24, 2.45) is 11.3 Å². The first-order chi connectivity index (χ1) is 44.4. The van der Waals surface area contributed by atoms with E-state index in [0.717, 1.165) is 163 Å². The number of ether oxygens (including phenoxy) is 1. The summed E-state index contributed by atoms with van der Waals surface area (Å²) in [6.45, 7) is 14.9. The van der Waals surface area contributed by atoms with E-state index < -0.39 is 27.9 Å². The molecule has 486 valence electrons. The van der Waals surface area contributed by atoms with Crippen molar-refractivity contribution < 1.29 is 37.5 Å². The number of amides is 4. The third kappa shape index (κ3) is 16.5. The lowest BCUT2D eigenvalue weighted by molar-refractivity contribution is -0.136. The van der Waals surface area contributed by atoms with Crippen LogP contribution < -0.4 is 30.5 Å². The van der Waals surface area contributed by atoms with Gasteiger partial charge in [-0.1, -0.05) is 80.3 Å². The van der Waals surface area contributed by atoms with Gasteiger partial charge in [0.1, 0.15) is 23.2 Å². The van der Waals surface area contributed by atoms with Crippen LogP contribution in [-0.4, -0.2) is 152 Å². The zero-order chi connectivity index (χ0) is 64.4. The van der Waals surface area contributed by atoms with Gasteiger partial charge in [0.25, 0.3) is 21.8 Å². The number of nitrogens with zero attached hydrogens (tertiary/aromatic N) is 6. The van der Waals surface area contributed by atoms with E-state index in [1.807, 2.05) is 42.5 Å². The highest BCUT2D eigenvalue weighted by Gasteiger charge is 2.40. The van der Waals surface area contributed by atoms with Gasteiger partial charge in [-0.3, -0.25) is 40.1 Å². The number of aromatic amines is 1. The van der Waals surface area contributed by atoms with Crippen molar-refractivity contribution in [2.45, 2.75) is 121 Å². The molecule has 21 heteroatoms. The van der Waals surface area contributed by atoms with Gasteiger partial charge >= 0.3 is 0 Å². The topological polar surface area (TPSA) is 225 Å². The molecule has 4 aromatic carbocycles. The molecule has 6 heterocycles. The van der Waals surface area contributed by atoms with E-state index in [1.54, 1.807) is 41.6 Å². The normalized spacial score (nSPS) is 18.2. The Balaban J connectivity index is 0.604. The molecular weight excluding hydrogens is 1200 g/mol. The Morgan fingerprint density at radius 2 is 1.64 bits per heavy atom. The van der Waals surface area contributed by atoms with Crippen molar-refractivity contribution in [1.29, 1.82) is 0 Å².